The molecule has 0 spiro atoms. The monoisotopic (exact) mass is 147 g/mol. The summed E-state index contributed by atoms with van der Waals surface area (Å²) in [6.45, 7) is 2.01. The standard InChI is InChI=1S/C6H13NOS/c8-6-1-3-7(5-9)4-2-6/h6,8-9H,1-5H2. The van der Waals surface area contributed by atoms with Gasteiger partial charge in [-0.2, -0.15) is 12.6 Å². The van der Waals surface area contributed by atoms with Gasteiger partial charge in [0.2, 0.25) is 0 Å². The number of aliphatic hydroxyl groups excluding tert-OH is 1. The van der Waals surface area contributed by atoms with Gasteiger partial charge >= 0.3 is 0 Å². The van der Waals surface area contributed by atoms with E-state index in [1.54, 1.807) is 0 Å². The minimum atomic E-state index is -0.0545. The van der Waals surface area contributed by atoms with Crippen LogP contribution in [0.3, 0.4) is 0 Å². The predicted octanol–water partition coefficient (Wildman–Crippen LogP) is 0.330. The van der Waals surface area contributed by atoms with Crippen molar-refractivity contribution in [2.24, 2.45) is 0 Å². The van der Waals surface area contributed by atoms with Crippen LogP contribution < -0.4 is 0 Å². The maximum Gasteiger partial charge on any atom is 0.0564 e. The zero-order chi connectivity index (χ0) is 6.69. The molecule has 0 atom stereocenters. The molecule has 0 aromatic carbocycles. The third-order valence-corrected chi connectivity index (χ3v) is 2.16. The smallest absolute Gasteiger partial charge is 0.0564 e. The third kappa shape index (κ3) is 2.16. The van der Waals surface area contributed by atoms with Crippen molar-refractivity contribution in [2.45, 2.75) is 18.9 Å². The molecule has 1 fully saturated rings. The van der Waals surface area contributed by atoms with E-state index in [9.17, 15) is 0 Å². The Labute approximate surface area is 61.3 Å². The van der Waals surface area contributed by atoms with Crippen molar-refractivity contribution in [3.63, 3.8) is 0 Å². The lowest BCUT2D eigenvalue weighted by Gasteiger charge is -2.27. The van der Waals surface area contributed by atoms with Gasteiger partial charge < -0.3 is 5.11 Å². The summed E-state index contributed by atoms with van der Waals surface area (Å²) in [5.41, 5.74) is 0. The van der Waals surface area contributed by atoms with Gasteiger partial charge in [-0.25, -0.2) is 0 Å². The SMILES string of the molecule is OC1CCN(CS)CC1. The Hall–Kier alpha value is 0.270. The van der Waals surface area contributed by atoms with Crippen LogP contribution in [0.5, 0.6) is 0 Å². The fourth-order valence-corrected chi connectivity index (χ4v) is 1.34. The van der Waals surface area contributed by atoms with E-state index in [0.29, 0.717) is 0 Å². The number of aliphatic hydroxyl groups is 1. The van der Waals surface area contributed by atoms with E-state index in [-0.39, 0.29) is 6.10 Å². The number of thiol groups is 1. The molecule has 0 unspecified atom stereocenters. The molecule has 54 valence electrons. The Morgan fingerprint density at radius 1 is 1.44 bits per heavy atom. The van der Waals surface area contributed by atoms with Crippen LogP contribution in [-0.4, -0.2) is 35.1 Å². The number of rotatable bonds is 1. The van der Waals surface area contributed by atoms with Crippen LogP contribution in [-0.2, 0) is 0 Å². The van der Waals surface area contributed by atoms with Crippen LogP contribution >= 0.6 is 12.6 Å². The van der Waals surface area contributed by atoms with Crippen LogP contribution in [0.15, 0.2) is 0 Å². The van der Waals surface area contributed by atoms with Gasteiger partial charge in [-0.1, -0.05) is 0 Å². The van der Waals surface area contributed by atoms with E-state index in [0.717, 1.165) is 31.8 Å². The molecule has 0 radical (unpaired) electrons. The lowest BCUT2D eigenvalue weighted by Crippen LogP contribution is -2.34. The van der Waals surface area contributed by atoms with Crippen molar-refractivity contribution in [3.8, 4) is 0 Å². The van der Waals surface area contributed by atoms with E-state index in [1.165, 1.54) is 0 Å². The summed E-state index contributed by atoms with van der Waals surface area (Å²) in [5, 5.41) is 9.07. The molecule has 2 nitrogen and oxygen atoms in total. The van der Waals surface area contributed by atoms with Gasteiger partial charge in [0.05, 0.1) is 6.10 Å². The molecule has 0 amide bonds. The average Bonchev–Trinajstić information content (AvgIpc) is 1.90. The maximum absolute atomic E-state index is 9.07. The molecule has 1 rings (SSSR count). The third-order valence-electron chi connectivity index (χ3n) is 1.76. The van der Waals surface area contributed by atoms with Crippen molar-refractivity contribution in [3.05, 3.63) is 0 Å². The number of piperidine rings is 1. The van der Waals surface area contributed by atoms with E-state index < -0.39 is 0 Å². The molecule has 0 aromatic rings. The summed E-state index contributed by atoms with van der Waals surface area (Å²) >= 11 is 4.14. The molecule has 0 bridgehead atoms. The molecule has 1 heterocycles. The second-order valence-electron chi connectivity index (χ2n) is 2.49. The topological polar surface area (TPSA) is 23.5 Å². The second kappa shape index (κ2) is 3.44. The predicted molar refractivity (Wildman–Crippen MR) is 40.7 cm³/mol. The minimum absolute atomic E-state index is 0.0545. The van der Waals surface area contributed by atoms with Gasteiger partial charge in [0.1, 0.15) is 0 Å². The quantitative estimate of drug-likeness (QED) is 0.522. The summed E-state index contributed by atoms with van der Waals surface area (Å²) < 4.78 is 0. The van der Waals surface area contributed by atoms with E-state index in [1.807, 2.05) is 0 Å². The molecule has 3 heteroatoms. The fourth-order valence-electron chi connectivity index (χ4n) is 1.06. The fraction of sp³-hybridized carbons (Fsp3) is 1.00. The summed E-state index contributed by atoms with van der Waals surface area (Å²) in [7, 11) is 0. The lowest BCUT2D eigenvalue weighted by atomic mass is 10.1. The van der Waals surface area contributed by atoms with Gasteiger partial charge in [0.25, 0.3) is 0 Å². The first kappa shape index (κ1) is 7.38. The Bertz CT molecular complexity index is 81.1. The minimum Gasteiger partial charge on any atom is -0.393 e. The molecule has 1 aliphatic rings. The first-order valence-electron chi connectivity index (χ1n) is 3.34. The number of hydrogen-bond donors (Lipinski definition) is 2. The average molecular weight is 147 g/mol. The Balaban J connectivity index is 2.18. The molecule has 1 saturated heterocycles. The van der Waals surface area contributed by atoms with Crippen molar-refractivity contribution >= 4 is 12.6 Å². The van der Waals surface area contributed by atoms with Gasteiger partial charge in [-0.3, -0.25) is 4.90 Å². The van der Waals surface area contributed by atoms with Crippen molar-refractivity contribution in [1.29, 1.82) is 0 Å². The Morgan fingerprint density at radius 2 is 2.00 bits per heavy atom. The summed E-state index contributed by atoms with van der Waals surface area (Å²) in [6, 6.07) is 0. The zero-order valence-electron chi connectivity index (χ0n) is 5.45. The maximum atomic E-state index is 9.07. The highest BCUT2D eigenvalue weighted by atomic mass is 32.1. The highest BCUT2D eigenvalue weighted by Gasteiger charge is 2.14. The van der Waals surface area contributed by atoms with Crippen LogP contribution in [0.25, 0.3) is 0 Å². The summed E-state index contributed by atoms with van der Waals surface area (Å²) in [4.78, 5) is 2.23. The van der Waals surface area contributed by atoms with Gasteiger partial charge in [0.15, 0.2) is 0 Å². The van der Waals surface area contributed by atoms with Crippen molar-refractivity contribution in [2.75, 3.05) is 19.0 Å². The van der Waals surface area contributed by atoms with E-state index in [4.69, 9.17) is 5.11 Å². The van der Waals surface area contributed by atoms with Gasteiger partial charge in [-0.15, -0.1) is 0 Å². The van der Waals surface area contributed by atoms with Crippen LogP contribution in [0.1, 0.15) is 12.8 Å². The van der Waals surface area contributed by atoms with Crippen LogP contribution in [0.2, 0.25) is 0 Å². The number of likely N-dealkylation sites (tertiary alicyclic amines) is 1. The van der Waals surface area contributed by atoms with Gasteiger partial charge in [-0.05, 0) is 12.8 Å². The Morgan fingerprint density at radius 3 is 2.44 bits per heavy atom. The normalized spacial score (nSPS) is 24.7. The summed E-state index contributed by atoms with van der Waals surface area (Å²) in [6.07, 6.45) is 1.78. The van der Waals surface area contributed by atoms with Crippen molar-refractivity contribution < 1.29 is 5.11 Å². The van der Waals surface area contributed by atoms with Crippen LogP contribution in [0.4, 0.5) is 0 Å². The number of hydrogen-bond acceptors (Lipinski definition) is 3. The van der Waals surface area contributed by atoms with Crippen molar-refractivity contribution in [1.82, 2.24) is 4.90 Å². The van der Waals surface area contributed by atoms with E-state index >= 15 is 0 Å². The molecule has 1 aliphatic heterocycles. The molecule has 1 N–H and O–H groups in total. The van der Waals surface area contributed by atoms with Crippen LogP contribution in [0, 0.1) is 0 Å². The highest BCUT2D eigenvalue weighted by Crippen LogP contribution is 2.09. The first-order chi connectivity index (χ1) is 4.33. The number of nitrogens with zero attached hydrogens (tertiary/aromatic N) is 1. The van der Waals surface area contributed by atoms with Gasteiger partial charge in [0, 0.05) is 19.0 Å². The highest BCUT2D eigenvalue weighted by molar-refractivity contribution is 7.80. The molecule has 0 aliphatic carbocycles. The molecule has 0 saturated carbocycles. The van der Waals surface area contributed by atoms with E-state index in [2.05, 4.69) is 17.5 Å². The largest absolute Gasteiger partial charge is 0.393 e. The Kier molecular flexibility index (Phi) is 2.82. The zero-order valence-corrected chi connectivity index (χ0v) is 6.35. The first-order valence-corrected chi connectivity index (χ1v) is 3.97. The summed E-state index contributed by atoms with van der Waals surface area (Å²) in [5.74, 6) is 0.826. The molecule has 9 heavy (non-hydrogen) atoms. The molecular weight excluding hydrogens is 134 g/mol. The second-order valence-corrected chi connectivity index (χ2v) is 2.77. The lowest BCUT2D eigenvalue weighted by molar-refractivity contribution is 0.0918. The molecular formula is C6H13NOS. The molecule has 0 aromatic heterocycles.